The molecule has 11 heavy (non-hydrogen) atoms. The maximum Gasteiger partial charge on any atom is 0.280 e. The Bertz CT molecular complexity index is 245. The van der Waals surface area contributed by atoms with Crippen LogP contribution >= 0.6 is 0 Å². The molecule has 1 amide bonds. The molecule has 0 saturated heterocycles. The molecule has 0 aliphatic carbocycles. The molecule has 1 aromatic heterocycles. The molecule has 4 heteroatoms. The molecule has 0 saturated carbocycles. The van der Waals surface area contributed by atoms with E-state index in [-0.39, 0.29) is 11.6 Å². The minimum atomic E-state index is -0.191. The molecule has 0 unspecified atom stereocenters. The van der Waals surface area contributed by atoms with Gasteiger partial charge in [-0.2, -0.15) is 4.98 Å². The molecular weight excluding hydrogens is 142 g/mol. The van der Waals surface area contributed by atoms with E-state index in [9.17, 15) is 4.79 Å². The molecule has 4 nitrogen and oxygen atoms in total. The van der Waals surface area contributed by atoms with E-state index in [1.807, 2.05) is 0 Å². The minimum Gasteiger partial charge on any atom is -0.343 e. The van der Waals surface area contributed by atoms with Gasteiger partial charge in [0.25, 0.3) is 5.91 Å². The van der Waals surface area contributed by atoms with Gasteiger partial charge >= 0.3 is 0 Å². The smallest absolute Gasteiger partial charge is 0.280 e. The summed E-state index contributed by atoms with van der Waals surface area (Å²) in [5.41, 5.74) is 0.241. The van der Waals surface area contributed by atoms with Gasteiger partial charge in [0.15, 0.2) is 5.69 Å². The fourth-order valence-corrected chi connectivity index (χ4v) is 0.553. The maximum absolute atomic E-state index is 11.1. The third-order valence-corrected chi connectivity index (χ3v) is 1.09. The lowest BCUT2D eigenvalue weighted by Crippen LogP contribution is -2.22. The van der Waals surface area contributed by atoms with E-state index >= 15 is 0 Å². The minimum absolute atomic E-state index is 0.191. The molecule has 1 heterocycles. The van der Waals surface area contributed by atoms with E-state index in [0.29, 0.717) is 0 Å². The van der Waals surface area contributed by atoms with Gasteiger partial charge in [-0.3, -0.25) is 4.79 Å². The zero-order valence-electron chi connectivity index (χ0n) is 6.33. The van der Waals surface area contributed by atoms with Crippen LogP contribution in [0.15, 0.2) is 6.33 Å². The molecule has 0 fully saturated rings. The number of amides is 1. The summed E-state index contributed by atoms with van der Waals surface area (Å²) in [6.45, 7) is 0. The number of carbonyl (C=O) groups is 1. The van der Waals surface area contributed by atoms with Gasteiger partial charge in [0.1, 0.15) is 6.33 Å². The molecule has 0 N–H and O–H groups in total. The van der Waals surface area contributed by atoms with Crippen LogP contribution < -0.4 is 0 Å². The fourth-order valence-electron chi connectivity index (χ4n) is 0.553. The van der Waals surface area contributed by atoms with Gasteiger partial charge < -0.3 is 4.90 Å². The Hall–Kier alpha value is -1.63. The van der Waals surface area contributed by atoms with E-state index in [2.05, 4.69) is 22.2 Å². The van der Waals surface area contributed by atoms with Crippen molar-refractivity contribution in [1.82, 2.24) is 14.9 Å². The second-order valence-electron chi connectivity index (χ2n) is 2.16. The van der Waals surface area contributed by atoms with Crippen LogP contribution in [0.2, 0.25) is 0 Å². The van der Waals surface area contributed by atoms with Crippen LogP contribution in [0.3, 0.4) is 0 Å². The van der Waals surface area contributed by atoms with Gasteiger partial charge in [-0.15, -0.1) is 0 Å². The van der Waals surface area contributed by atoms with Crippen LogP contribution in [0.5, 0.6) is 0 Å². The first-order valence-electron chi connectivity index (χ1n) is 3.04. The quantitative estimate of drug-likeness (QED) is 0.554. The highest BCUT2D eigenvalue weighted by Gasteiger charge is 2.07. The summed E-state index contributed by atoms with van der Waals surface area (Å²) in [6, 6.07) is 2.51. The van der Waals surface area contributed by atoms with Crippen molar-refractivity contribution in [1.29, 1.82) is 0 Å². The van der Waals surface area contributed by atoms with Crippen LogP contribution in [0.4, 0.5) is 0 Å². The summed E-state index contributed by atoms with van der Waals surface area (Å²) in [6.07, 6.45) is 3.68. The topological polar surface area (TPSA) is 46.1 Å². The van der Waals surface area contributed by atoms with Gasteiger partial charge in [0.2, 0.25) is 0 Å². The van der Waals surface area contributed by atoms with Gasteiger partial charge in [-0.25, -0.2) is 4.98 Å². The molecule has 0 aliphatic rings. The van der Waals surface area contributed by atoms with Crippen molar-refractivity contribution in [3.05, 3.63) is 24.3 Å². The average Bonchev–Trinajstić information content (AvgIpc) is 2.05. The van der Waals surface area contributed by atoms with E-state index in [4.69, 9.17) is 0 Å². The van der Waals surface area contributed by atoms with Gasteiger partial charge in [0, 0.05) is 20.3 Å². The summed E-state index contributed by atoms with van der Waals surface area (Å²) < 4.78 is 0. The van der Waals surface area contributed by atoms with Gasteiger partial charge in [-0.05, 0) is 6.07 Å². The Morgan fingerprint density at radius 1 is 1.64 bits per heavy atom. The Kier molecular flexibility index (Phi) is 2.02. The zero-order chi connectivity index (χ0) is 8.27. The largest absolute Gasteiger partial charge is 0.343 e. The number of hydrogen-bond donors (Lipinski definition) is 0. The average molecular weight is 149 g/mol. The SMILES string of the molecule is CN(C)C(=O)c1c#cncn1. The highest BCUT2D eigenvalue weighted by atomic mass is 16.2. The van der Waals surface area contributed by atoms with E-state index in [1.54, 1.807) is 14.1 Å². The summed E-state index contributed by atoms with van der Waals surface area (Å²) in [4.78, 5) is 19.8. The maximum atomic E-state index is 11.1. The van der Waals surface area contributed by atoms with Crippen LogP contribution in [-0.2, 0) is 0 Å². The van der Waals surface area contributed by atoms with Crippen molar-refractivity contribution in [2.45, 2.75) is 0 Å². The van der Waals surface area contributed by atoms with Crippen molar-refractivity contribution < 1.29 is 4.79 Å². The van der Waals surface area contributed by atoms with E-state index in [0.717, 1.165) is 0 Å². The first-order chi connectivity index (χ1) is 5.22. The van der Waals surface area contributed by atoms with Gasteiger partial charge in [0.05, 0.1) is 0 Å². The Morgan fingerprint density at radius 3 is 2.82 bits per heavy atom. The third kappa shape index (κ3) is 1.64. The highest BCUT2D eigenvalue weighted by Crippen LogP contribution is 1.90. The molecule has 1 rings (SSSR count). The van der Waals surface area contributed by atoms with Crippen molar-refractivity contribution >= 4 is 5.91 Å². The van der Waals surface area contributed by atoms with Crippen molar-refractivity contribution in [2.24, 2.45) is 0 Å². The van der Waals surface area contributed by atoms with Crippen molar-refractivity contribution in [3.63, 3.8) is 0 Å². The Balaban J connectivity index is 2.86. The number of rotatable bonds is 1. The molecule has 0 bridgehead atoms. The van der Waals surface area contributed by atoms with Crippen molar-refractivity contribution in [3.8, 4) is 0 Å². The van der Waals surface area contributed by atoms with Crippen LogP contribution in [0, 0.1) is 12.3 Å². The number of hydrogen-bond acceptors (Lipinski definition) is 3. The first kappa shape index (κ1) is 7.48. The standard InChI is InChI=1S/C7H7N3O/c1-10(2)7(11)6-3-4-8-5-9-6/h5H,1-2H3. The lowest BCUT2D eigenvalue weighted by atomic mass is 10.4. The lowest BCUT2D eigenvalue weighted by Gasteiger charge is -2.06. The number of carbonyl (C=O) groups excluding carboxylic acids is 1. The molecular formula is C7H7N3O. The third-order valence-electron chi connectivity index (χ3n) is 1.09. The molecule has 0 radical (unpaired) electrons. The molecule has 0 aliphatic heterocycles. The molecule has 0 spiro atoms. The van der Waals surface area contributed by atoms with Crippen molar-refractivity contribution in [2.75, 3.05) is 14.1 Å². The summed E-state index contributed by atoms with van der Waals surface area (Å²) in [5, 5.41) is 0. The molecule has 1 aromatic rings. The van der Waals surface area contributed by atoms with Gasteiger partial charge in [-0.1, -0.05) is 0 Å². The normalized spacial score (nSPS) is 8.55. The summed E-state index contributed by atoms with van der Waals surface area (Å²) in [5.74, 6) is -0.191. The fraction of sp³-hybridized carbons (Fsp3) is 0.286. The number of nitrogens with zero attached hydrogens (tertiary/aromatic N) is 3. The monoisotopic (exact) mass is 149 g/mol. The predicted molar refractivity (Wildman–Crippen MR) is 37.7 cm³/mol. The second kappa shape index (κ2) is 2.97. The molecule has 0 aromatic carbocycles. The molecule has 0 atom stereocenters. The number of aromatic nitrogens is 2. The second-order valence-corrected chi connectivity index (χ2v) is 2.16. The Morgan fingerprint density at radius 2 is 2.36 bits per heavy atom. The molecule has 56 valence electrons. The van der Waals surface area contributed by atoms with E-state index < -0.39 is 0 Å². The zero-order valence-corrected chi connectivity index (χ0v) is 6.33. The lowest BCUT2D eigenvalue weighted by molar-refractivity contribution is 0.0822. The summed E-state index contributed by atoms with van der Waals surface area (Å²) in [7, 11) is 3.30. The highest BCUT2D eigenvalue weighted by molar-refractivity contribution is 5.91. The van der Waals surface area contributed by atoms with Crippen LogP contribution in [-0.4, -0.2) is 34.9 Å². The van der Waals surface area contributed by atoms with Crippen LogP contribution in [0.25, 0.3) is 0 Å². The first-order valence-corrected chi connectivity index (χ1v) is 3.04. The van der Waals surface area contributed by atoms with Crippen LogP contribution in [0.1, 0.15) is 10.5 Å². The summed E-state index contributed by atoms with van der Waals surface area (Å²) >= 11 is 0. The predicted octanol–water partition coefficient (Wildman–Crippen LogP) is -0.221. The Labute approximate surface area is 64.9 Å². The van der Waals surface area contributed by atoms with E-state index in [1.165, 1.54) is 11.2 Å².